The minimum Gasteiger partial charge on any atom is -0.489 e. The van der Waals surface area contributed by atoms with Crippen LogP contribution in [-0.2, 0) is 29.2 Å². The van der Waals surface area contributed by atoms with Crippen LogP contribution in [0.5, 0.6) is 5.75 Å². The number of aryl methyl sites for hydroxylation is 2. The number of aliphatic hydroxyl groups excluding tert-OH is 1. The van der Waals surface area contributed by atoms with Crippen LogP contribution >= 0.6 is 0 Å². The Morgan fingerprint density at radius 2 is 1.34 bits per heavy atom. The molecule has 0 heterocycles. The van der Waals surface area contributed by atoms with Crippen molar-refractivity contribution < 1.29 is 24.2 Å². The average molecular weight is 594 g/mol. The van der Waals surface area contributed by atoms with Crippen LogP contribution in [0.1, 0.15) is 46.0 Å². The number of carbonyl (C=O) groups is 3. The highest BCUT2D eigenvalue weighted by Gasteiger charge is 2.30. The Kier molecular flexibility index (Phi) is 11.7. The second kappa shape index (κ2) is 16.0. The molecule has 8 heteroatoms. The van der Waals surface area contributed by atoms with Gasteiger partial charge in [0.05, 0.1) is 6.10 Å². The predicted molar refractivity (Wildman–Crippen MR) is 170 cm³/mol. The van der Waals surface area contributed by atoms with Crippen molar-refractivity contribution in [2.24, 2.45) is 0 Å². The Hall–Kier alpha value is -4.95. The molecule has 3 atom stereocenters. The van der Waals surface area contributed by atoms with Crippen LogP contribution in [0, 0.1) is 6.92 Å². The Morgan fingerprint density at radius 1 is 0.727 bits per heavy atom. The van der Waals surface area contributed by atoms with E-state index in [2.05, 4.69) is 16.0 Å². The lowest BCUT2D eigenvalue weighted by atomic mass is 10.0. The van der Waals surface area contributed by atoms with E-state index in [4.69, 9.17) is 4.74 Å². The number of hydrogen-bond donors (Lipinski definition) is 4. The first kappa shape index (κ1) is 32.0. The minimum atomic E-state index is -1.28. The topological polar surface area (TPSA) is 117 Å². The zero-order valence-electron chi connectivity index (χ0n) is 25.0. The molecule has 4 aromatic rings. The molecule has 0 aliphatic carbocycles. The summed E-state index contributed by atoms with van der Waals surface area (Å²) in [6.07, 6.45) is -0.327. The van der Waals surface area contributed by atoms with Gasteiger partial charge >= 0.3 is 0 Å². The average Bonchev–Trinajstić information content (AvgIpc) is 3.05. The molecule has 0 saturated heterocycles. The summed E-state index contributed by atoms with van der Waals surface area (Å²) in [5.41, 5.74) is 4.39. The van der Waals surface area contributed by atoms with Gasteiger partial charge in [-0.1, -0.05) is 90.5 Å². The Labute approximate surface area is 258 Å². The number of carbonyl (C=O) groups excluding carboxylic acids is 3. The Balaban J connectivity index is 1.38. The molecule has 0 aromatic heterocycles. The number of amides is 3. The van der Waals surface area contributed by atoms with E-state index in [9.17, 15) is 19.5 Å². The third kappa shape index (κ3) is 9.81. The first-order valence-electron chi connectivity index (χ1n) is 14.7. The van der Waals surface area contributed by atoms with E-state index in [1.165, 1.54) is 6.92 Å². The van der Waals surface area contributed by atoms with Gasteiger partial charge in [0, 0.05) is 12.1 Å². The Morgan fingerprint density at radius 3 is 1.95 bits per heavy atom. The predicted octanol–water partition coefficient (Wildman–Crippen LogP) is 4.49. The standard InChI is InChI=1S/C36H39N3O5/c1-25-13-15-28(16-14-25)23-37-35(42)32(22-17-27-9-5-3-6-10-27)38-36(43)33(26(2)40)39-34(41)30-18-20-31(21-19-30)44-24-29-11-7-4-8-12-29/h3-16,18-21,26,32-33,40H,17,22-24H2,1-2H3,(H,37,42)(H,38,43)(H,39,41)/t26-,32+,33+/m1/s1. The highest BCUT2D eigenvalue weighted by molar-refractivity contribution is 5.98. The highest BCUT2D eigenvalue weighted by atomic mass is 16.5. The molecule has 0 bridgehead atoms. The molecule has 3 amide bonds. The fourth-order valence-corrected chi connectivity index (χ4v) is 4.58. The summed E-state index contributed by atoms with van der Waals surface area (Å²) < 4.78 is 5.78. The van der Waals surface area contributed by atoms with Gasteiger partial charge in [0.1, 0.15) is 24.4 Å². The van der Waals surface area contributed by atoms with Crippen molar-refractivity contribution in [3.05, 3.63) is 137 Å². The van der Waals surface area contributed by atoms with Crippen LogP contribution in [0.4, 0.5) is 0 Å². The summed E-state index contributed by atoms with van der Waals surface area (Å²) in [7, 11) is 0. The molecular formula is C36H39N3O5. The number of nitrogens with one attached hydrogen (secondary N) is 3. The molecule has 4 rings (SSSR count). The van der Waals surface area contributed by atoms with Gasteiger partial charge in [-0.3, -0.25) is 14.4 Å². The summed E-state index contributed by atoms with van der Waals surface area (Å²) in [5.74, 6) is -0.949. The van der Waals surface area contributed by atoms with Gasteiger partial charge in [-0.05, 0) is 67.6 Å². The number of ether oxygens (including phenoxy) is 1. The molecular weight excluding hydrogens is 554 g/mol. The van der Waals surface area contributed by atoms with E-state index in [1.807, 2.05) is 91.9 Å². The molecule has 0 saturated carbocycles. The third-order valence-corrected chi connectivity index (χ3v) is 7.20. The van der Waals surface area contributed by atoms with E-state index in [0.29, 0.717) is 37.3 Å². The molecule has 0 aliphatic rings. The SMILES string of the molecule is Cc1ccc(CNC(=O)[C@H](CCc2ccccc2)NC(=O)[C@@H](NC(=O)c2ccc(OCc3ccccc3)cc2)[C@@H](C)O)cc1. The molecule has 228 valence electrons. The van der Waals surface area contributed by atoms with Gasteiger partial charge in [0.15, 0.2) is 0 Å². The van der Waals surface area contributed by atoms with Crippen LogP contribution in [0.15, 0.2) is 109 Å². The molecule has 4 N–H and O–H groups in total. The zero-order valence-corrected chi connectivity index (χ0v) is 25.0. The maximum Gasteiger partial charge on any atom is 0.252 e. The molecule has 0 radical (unpaired) electrons. The molecule has 0 fully saturated rings. The van der Waals surface area contributed by atoms with Crippen molar-refractivity contribution in [2.75, 3.05) is 0 Å². The van der Waals surface area contributed by atoms with E-state index >= 15 is 0 Å². The normalized spacial score (nSPS) is 12.8. The van der Waals surface area contributed by atoms with Gasteiger partial charge in [-0.15, -0.1) is 0 Å². The number of rotatable bonds is 14. The first-order chi connectivity index (χ1) is 21.3. The monoisotopic (exact) mass is 593 g/mol. The van der Waals surface area contributed by atoms with Gasteiger partial charge < -0.3 is 25.8 Å². The smallest absolute Gasteiger partial charge is 0.252 e. The summed E-state index contributed by atoms with van der Waals surface area (Å²) >= 11 is 0. The number of aliphatic hydroxyl groups is 1. The van der Waals surface area contributed by atoms with E-state index in [0.717, 1.165) is 22.3 Å². The fourth-order valence-electron chi connectivity index (χ4n) is 4.58. The summed E-state index contributed by atoms with van der Waals surface area (Å²) in [5, 5.41) is 18.7. The van der Waals surface area contributed by atoms with Crippen molar-refractivity contribution >= 4 is 17.7 Å². The lowest BCUT2D eigenvalue weighted by Gasteiger charge is -2.25. The first-order valence-corrected chi connectivity index (χ1v) is 14.7. The molecule has 4 aromatic carbocycles. The quantitative estimate of drug-likeness (QED) is 0.172. The van der Waals surface area contributed by atoms with E-state index in [1.54, 1.807) is 24.3 Å². The fraction of sp³-hybridized carbons (Fsp3) is 0.250. The number of hydrogen-bond acceptors (Lipinski definition) is 5. The van der Waals surface area contributed by atoms with E-state index < -0.39 is 30.0 Å². The van der Waals surface area contributed by atoms with E-state index in [-0.39, 0.29) is 5.91 Å². The minimum absolute atomic E-state index is 0.298. The van der Waals surface area contributed by atoms with Crippen molar-refractivity contribution in [3.8, 4) is 5.75 Å². The zero-order chi connectivity index (χ0) is 31.3. The lowest BCUT2D eigenvalue weighted by molar-refractivity contribution is -0.131. The van der Waals surface area contributed by atoms with Gasteiger partial charge in [-0.2, -0.15) is 0 Å². The maximum absolute atomic E-state index is 13.4. The van der Waals surface area contributed by atoms with Crippen LogP contribution in [0.25, 0.3) is 0 Å². The van der Waals surface area contributed by atoms with Crippen LogP contribution < -0.4 is 20.7 Å². The molecule has 8 nitrogen and oxygen atoms in total. The molecule has 0 spiro atoms. The van der Waals surface area contributed by atoms with Crippen LogP contribution in [0.3, 0.4) is 0 Å². The lowest BCUT2D eigenvalue weighted by Crippen LogP contribution is -2.57. The molecule has 0 aliphatic heterocycles. The van der Waals surface area contributed by atoms with Crippen LogP contribution in [0.2, 0.25) is 0 Å². The maximum atomic E-state index is 13.4. The highest BCUT2D eigenvalue weighted by Crippen LogP contribution is 2.15. The Bertz CT molecular complexity index is 1490. The third-order valence-electron chi connectivity index (χ3n) is 7.20. The molecule has 44 heavy (non-hydrogen) atoms. The van der Waals surface area contributed by atoms with Crippen molar-refractivity contribution in [3.63, 3.8) is 0 Å². The van der Waals surface area contributed by atoms with Gasteiger partial charge in [-0.25, -0.2) is 0 Å². The van der Waals surface area contributed by atoms with Crippen molar-refractivity contribution in [2.45, 2.75) is 58.0 Å². The second-order valence-corrected chi connectivity index (χ2v) is 10.8. The molecule has 0 unspecified atom stereocenters. The van der Waals surface area contributed by atoms with Gasteiger partial charge in [0.25, 0.3) is 5.91 Å². The van der Waals surface area contributed by atoms with Gasteiger partial charge in [0.2, 0.25) is 11.8 Å². The summed E-state index contributed by atoms with van der Waals surface area (Å²) in [6.45, 7) is 4.10. The van der Waals surface area contributed by atoms with Crippen molar-refractivity contribution in [1.82, 2.24) is 16.0 Å². The second-order valence-electron chi connectivity index (χ2n) is 10.8. The largest absolute Gasteiger partial charge is 0.489 e. The van der Waals surface area contributed by atoms with Crippen molar-refractivity contribution in [1.29, 1.82) is 0 Å². The number of benzene rings is 4. The van der Waals surface area contributed by atoms with Crippen LogP contribution in [-0.4, -0.2) is 41.0 Å². The summed E-state index contributed by atoms with van der Waals surface area (Å²) in [4.78, 5) is 39.7. The summed E-state index contributed by atoms with van der Waals surface area (Å²) in [6, 6.07) is 31.6.